The average molecular weight is 474 g/mol. The van der Waals surface area contributed by atoms with Crippen molar-refractivity contribution < 1.29 is 9.53 Å². The second-order valence-electron chi connectivity index (χ2n) is 8.49. The minimum atomic E-state index is -0.379. The number of ether oxygens (including phenoxy) is 1. The number of piperidine rings is 1. The lowest BCUT2D eigenvalue weighted by Gasteiger charge is -2.33. The number of aromatic nitrogens is 3. The highest BCUT2D eigenvalue weighted by Gasteiger charge is 2.20. The SMILES string of the molecule is O=C(NCCC1CCN(c2cccc(-c3ccc4ncccc4c3)n2)CC1)OCc1cscn1. The summed E-state index contributed by atoms with van der Waals surface area (Å²) in [7, 11) is 0. The highest BCUT2D eigenvalue weighted by Crippen LogP contribution is 2.27. The van der Waals surface area contributed by atoms with Crippen molar-refractivity contribution in [2.24, 2.45) is 5.92 Å². The number of carbonyl (C=O) groups is 1. The maximum atomic E-state index is 11.9. The van der Waals surface area contributed by atoms with Crippen molar-refractivity contribution in [3.05, 3.63) is 71.3 Å². The largest absolute Gasteiger partial charge is 0.443 e. The Kier molecular flexibility index (Phi) is 6.95. The normalized spacial score (nSPS) is 14.3. The summed E-state index contributed by atoms with van der Waals surface area (Å²) in [6, 6.07) is 16.6. The third-order valence-electron chi connectivity index (χ3n) is 6.23. The van der Waals surface area contributed by atoms with Gasteiger partial charge in [0.2, 0.25) is 0 Å². The van der Waals surface area contributed by atoms with Gasteiger partial charge in [-0.2, -0.15) is 0 Å². The Morgan fingerprint density at radius 1 is 1.12 bits per heavy atom. The summed E-state index contributed by atoms with van der Waals surface area (Å²) in [6.07, 6.45) is 4.57. The number of nitrogens with zero attached hydrogens (tertiary/aromatic N) is 4. The summed E-state index contributed by atoms with van der Waals surface area (Å²) in [5, 5.41) is 5.86. The number of alkyl carbamates (subject to hydrolysis) is 1. The van der Waals surface area contributed by atoms with E-state index in [2.05, 4.69) is 56.6 Å². The average Bonchev–Trinajstić information content (AvgIpc) is 3.42. The van der Waals surface area contributed by atoms with Gasteiger partial charge >= 0.3 is 6.09 Å². The molecule has 1 amide bonds. The fourth-order valence-corrected chi connectivity index (χ4v) is 4.87. The summed E-state index contributed by atoms with van der Waals surface area (Å²) in [4.78, 5) is 27.7. The van der Waals surface area contributed by atoms with E-state index in [4.69, 9.17) is 9.72 Å². The predicted molar refractivity (Wildman–Crippen MR) is 135 cm³/mol. The molecule has 7 nitrogen and oxygen atoms in total. The number of amides is 1. The van der Waals surface area contributed by atoms with E-state index in [-0.39, 0.29) is 12.7 Å². The van der Waals surface area contributed by atoms with Crippen LogP contribution in [-0.4, -0.2) is 40.7 Å². The minimum absolute atomic E-state index is 0.218. The zero-order valence-electron chi connectivity index (χ0n) is 18.9. The second kappa shape index (κ2) is 10.6. The molecule has 8 heteroatoms. The first-order chi connectivity index (χ1) is 16.7. The molecule has 0 bridgehead atoms. The monoisotopic (exact) mass is 473 g/mol. The Morgan fingerprint density at radius 2 is 2.03 bits per heavy atom. The number of hydrogen-bond acceptors (Lipinski definition) is 7. The molecule has 3 aromatic heterocycles. The molecule has 174 valence electrons. The van der Waals surface area contributed by atoms with Gasteiger partial charge in [-0.3, -0.25) is 4.98 Å². The molecule has 1 N–H and O–H groups in total. The quantitative estimate of drug-likeness (QED) is 0.393. The molecule has 0 spiro atoms. The van der Waals surface area contributed by atoms with E-state index >= 15 is 0 Å². The molecule has 1 saturated heterocycles. The highest BCUT2D eigenvalue weighted by molar-refractivity contribution is 7.07. The Hall–Kier alpha value is -3.52. The fourth-order valence-electron chi connectivity index (χ4n) is 4.32. The van der Waals surface area contributed by atoms with Crippen molar-refractivity contribution in [3.8, 4) is 11.3 Å². The van der Waals surface area contributed by atoms with Crippen LogP contribution in [0.3, 0.4) is 0 Å². The van der Waals surface area contributed by atoms with Crippen LogP contribution in [-0.2, 0) is 11.3 Å². The number of hydrogen-bond donors (Lipinski definition) is 1. The molecule has 1 aliphatic rings. The van der Waals surface area contributed by atoms with E-state index in [1.165, 1.54) is 11.3 Å². The van der Waals surface area contributed by atoms with Crippen LogP contribution in [0.2, 0.25) is 0 Å². The number of thiazole rings is 1. The molecule has 0 radical (unpaired) electrons. The molecule has 0 unspecified atom stereocenters. The van der Waals surface area contributed by atoms with Crippen molar-refractivity contribution in [1.29, 1.82) is 0 Å². The first-order valence-corrected chi connectivity index (χ1v) is 12.5. The Balaban J connectivity index is 1.10. The van der Waals surface area contributed by atoms with Crippen LogP contribution in [0.1, 0.15) is 25.0 Å². The lowest BCUT2D eigenvalue weighted by Crippen LogP contribution is -2.35. The number of rotatable bonds is 7. The zero-order valence-corrected chi connectivity index (χ0v) is 19.7. The third kappa shape index (κ3) is 5.51. The molecule has 1 fully saturated rings. The Labute approximate surface area is 202 Å². The number of carbonyl (C=O) groups excluding carboxylic acids is 1. The van der Waals surface area contributed by atoms with Gasteiger partial charge in [0.1, 0.15) is 12.4 Å². The van der Waals surface area contributed by atoms with E-state index in [0.29, 0.717) is 12.5 Å². The van der Waals surface area contributed by atoms with E-state index in [0.717, 1.165) is 66.0 Å². The van der Waals surface area contributed by atoms with E-state index in [1.54, 1.807) is 5.51 Å². The smallest absolute Gasteiger partial charge is 0.407 e. The van der Waals surface area contributed by atoms with Crippen LogP contribution in [0.15, 0.2) is 65.6 Å². The molecule has 0 aliphatic carbocycles. The first kappa shape index (κ1) is 22.3. The first-order valence-electron chi connectivity index (χ1n) is 11.6. The third-order valence-corrected chi connectivity index (χ3v) is 6.86. The van der Waals surface area contributed by atoms with Crippen LogP contribution < -0.4 is 10.2 Å². The number of fused-ring (bicyclic) bond motifs is 1. The molecular weight excluding hydrogens is 446 g/mol. The van der Waals surface area contributed by atoms with E-state index < -0.39 is 0 Å². The molecule has 0 atom stereocenters. The molecule has 4 heterocycles. The Bertz CT molecular complexity index is 1240. The molecule has 0 saturated carbocycles. The van der Waals surface area contributed by atoms with Gasteiger partial charge in [-0.15, -0.1) is 11.3 Å². The minimum Gasteiger partial charge on any atom is -0.443 e. The van der Waals surface area contributed by atoms with Crippen LogP contribution >= 0.6 is 11.3 Å². The van der Waals surface area contributed by atoms with Gasteiger partial charge in [0.15, 0.2) is 0 Å². The summed E-state index contributed by atoms with van der Waals surface area (Å²) in [6.45, 7) is 2.79. The van der Waals surface area contributed by atoms with Gasteiger partial charge in [-0.1, -0.05) is 18.2 Å². The number of anilines is 1. The highest BCUT2D eigenvalue weighted by atomic mass is 32.1. The Morgan fingerprint density at radius 3 is 2.88 bits per heavy atom. The van der Waals surface area contributed by atoms with Gasteiger partial charge in [0, 0.05) is 42.2 Å². The lowest BCUT2D eigenvalue weighted by molar-refractivity contribution is 0.137. The molecule has 4 aromatic rings. The summed E-state index contributed by atoms with van der Waals surface area (Å²) >= 11 is 1.49. The van der Waals surface area contributed by atoms with E-state index in [9.17, 15) is 4.79 Å². The molecular formula is C26H27N5O2S. The van der Waals surface area contributed by atoms with Crippen molar-refractivity contribution >= 4 is 34.2 Å². The number of pyridine rings is 2. The van der Waals surface area contributed by atoms with Crippen LogP contribution in [0, 0.1) is 5.92 Å². The molecule has 5 rings (SSSR count). The van der Waals surface area contributed by atoms with Crippen molar-refractivity contribution in [2.45, 2.75) is 25.9 Å². The van der Waals surface area contributed by atoms with Gasteiger partial charge in [0.05, 0.1) is 22.4 Å². The van der Waals surface area contributed by atoms with E-state index in [1.807, 2.05) is 23.7 Å². The van der Waals surface area contributed by atoms with Crippen molar-refractivity contribution in [3.63, 3.8) is 0 Å². The number of benzene rings is 1. The van der Waals surface area contributed by atoms with Gasteiger partial charge in [-0.25, -0.2) is 14.8 Å². The topological polar surface area (TPSA) is 80.2 Å². The van der Waals surface area contributed by atoms with Crippen LogP contribution in [0.4, 0.5) is 10.6 Å². The predicted octanol–water partition coefficient (Wildman–Crippen LogP) is 5.29. The van der Waals surface area contributed by atoms with Gasteiger partial charge < -0.3 is 15.0 Å². The second-order valence-corrected chi connectivity index (χ2v) is 9.21. The standard InChI is InChI=1S/C26H27N5O2S/c32-26(33-16-22-17-34-18-29-22)28-12-8-19-9-13-31(14-10-19)25-5-1-4-24(30-25)21-6-7-23-20(15-21)3-2-11-27-23/h1-7,11,15,17-19H,8-10,12-14,16H2,(H,28,32). The van der Waals surface area contributed by atoms with Crippen LogP contribution in [0.25, 0.3) is 22.2 Å². The maximum absolute atomic E-state index is 11.9. The maximum Gasteiger partial charge on any atom is 0.407 e. The van der Waals surface area contributed by atoms with Crippen molar-refractivity contribution in [1.82, 2.24) is 20.3 Å². The van der Waals surface area contributed by atoms with Crippen LogP contribution in [0.5, 0.6) is 0 Å². The number of nitrogens with one attached hydrogen (secondary N) is 1. The lowest BCUT2D eigenvalue weighted by atomic mass is 9.93. The summed E-state index contributed by atoms with van der Waals surface area (Å²) < 4.78 is 5.20. The summed E-state index contributed by atoms with van der Waals surface area (Å²) in [5.41, 5.74) is 5.58. The molecule has 1 aromatic carbocycles. The molecule has 34 heavy (non-hydrogen) atoms. The molecule has 1 aliphatic heterocycles. The fraction of sp³-hybridized carbons (Fsp3) is 0.308. The van der Waals surface area contributed by atoms with Gasteiger partial charge in [0.25, 0.3) is 0 Å². The van der Waals surface area contributed by atoms with Crippen molar-refractivity contribution in [2.75, 3.05) is 24.5 Å². The summed E-state index contributed by atoms with van der Waals surface area (Å²) in [5.74, 6) is 1.61. The zero-order chi connectivity index (χ0) is 23.2. The van der Waals surface area contributed by atoms with Gasteiger partial charge in [-0.05, 0) is 55.5 Å².